The normalized spacial score (nSPS) is 27.6. The zero-order valence-electron chi connectivity index (χ0n) is 18.4. The van der Waals surface area contributed by atoms with Crippen LogP contribution >= 0.6 is 0 Å². The van der Waals surface area contributed by atoms with Gasteiger partial charge in [0.05, 0.1) is 19.3 Å². The number of ether oxygens (including phenoxy) is 3. The topological polar surface area (TPSA) is 88.4 Å². The summed E-state index contributed by atoms with van der Waals surface area (Å²) in [5, 5.41) is 31.4. The van der Waals surface area contributed by atoms with Crippen LogP contribution in [0.3, 0.4) is 0 Å². The average molecular weight is 429 g/mol. The summed E-state index contributed by atoms with van der Waals surface area (Å²) >= 11 is 0. The maximum Gasteiger partial charge on any atom is 0.126 e. The van der Waals surface area contributed by atoms with Gasteiger partial charge in [-0.15, -0.1) is 0 Å². The van der Waals surface area contributed by atoms with Crippen LogP contribution in [0, 0.1) is 6.92 Å². The maximum atomic E-state index is 10.7. The number of aliphatic hydroxyl groups is 3. The molecule has 0 spiro atoms. The lowest BCUT2D eigenvalue weighted by Gasteiger charge is -2.41. The van der Waals surface area contributed by atoms with Gasteiger partial charge in [-0.05, 0) is 60.7 Å². The highest BCUT2D eigenvalue weighted by molar-refractivity contribution is 5.54. The first kappa shape index (κ1) is 22.1. The molecule has 2 aliphatic rings. The number of hydrogen-bond donors (Lipinski definition) is 3. The van der Waals surface area contributed by atoms with Crippen LogP contribution in [0.1, 0.15) is 54.2 Å². The second-order valence-electron chi connectivity index (χ2n) is 8.38. The lowest BCUT2D eigenvalue weighted by molar-refractivity contribution is -0.225. The summed E-state index contributed by atoms with van der Waals surface area (Å²) in [5.41, 5.74) is 5.15. The van der Waals surface area contributed by atoms with Crippen LogP contribution in [0.2, 0.25) is 0 Å². The van der Waals surface area contributed by atoms with Gasteiger partial charge in [0.25, 0.3) is 0 Å². The molecule has 2 aromatic carbocycles. The highest BCUT2D eigenvalue weighted by Gasteiger charge is 2.44. The van der Waals surface area contributed by atoms with Crippen LogP contribution in [0.4, 0.5) is 0 Å². The Bertz CT molecular complexity index is 907. The van der Waals surface area contributed by atoms with Crippen molar-refractivity contribution in [3.8, 4) is 11.5 Å². The number of benzene rings is 2. The zero-order valence-corrected chi connectivity index (χ0v) is 18.4. The zero-order chi connectivity index (χ0) is 22.1. The molecule has 2 aromatic rings. The van der Waals surface area contributed by atoms with Crippen molar-refractivity contribution >= 4 is 0 Å². The van der Waals surface area contributed by atoms with Crippen molar-refractivity contribution in [3.63, 3.8) is 0 Å². The highest BCUT2D eigenvalue weighted by atomic mass is 16.5. The minimum Gasteiger partial charge on any atom is -0.494 e. The molecule has 3 N–H and O–H groups in total. The Kier molecular flexibility index (Phi) is 6.53. The number of aliphatic hydroxyl groups excluding tert-OH is 3. The van der Waals surface area contributed by atoms with Crippen molar-refractivity contribution in [2.75, 3.05) is 13.2 Å². The van der Waals surface area contributed by atoms with Crippen molar-refractivity contribution in [2.45, 2.75) is 70.6 Å². The third-order valence-corrected chi connectivity index (χ3v) is 6.43. The Labute approximate surface area is 183 Å². The highest BCUT2D eigenvalue weighted by Crippen LogP contribution is 2.42. The molecule has 0 aromatic heterocycles. The van der Waals surface area contributed by atoms with Crippen LogP contribution in [0.15, 0.2) is 30.3 Å². The van der Waals surface area contributed by atoms with Gasteiger partial charge >= 0.3 is 0 Å². The van der Waals surface area contributed by atoms with E-state index in [0.29, 0.717) is 26.1 Å². The molecule has 6 nitrogen and oxygen atoms in total. The van der Waals surface area contributed by atoms with Gasteiger partial charge < -0.3 is 29.5 Å². The lowest BCUT2D eigenvalue weighted by Crippen LogP contribution is -2.54. The van der Waals surface area contributed by atoms with Gasteiger partial charge in [0.1, 0.15) is 35.9 Å². The molecule has 0 amide bonds. The summed E-state index contributed by atoms with van der Waals surface area (Å²) < 4.78 is 17.6. The largest absolute Gasteiger partial charge is 0.494 e. The fraction of sp³-hybridized carbons (Fsp3) is 0.520. The van der Waals surface area contributed by atoms with Crippen molar-refractivity contribution < 1.29 is 29.5 Å². The van der Waals surface area contributed by atoms with Crippen molar-refractivity contribution in [1.29, 1.82) is 0 Å². The molecular weight excluding hydrogens is 396 g/mol. The number of hydrogen-bond acceptors (Lipinski definition) is 6. The van der Waals surface area contributed by atoms with E-state index in [9.17, 15) is 15.3 Å². The molecular formula is C25H32O6. The fourth-order valence-corrected chi connectivity index (χ4v) is 4.70. The minimum absolute atomic E-state index is 0.526. The lowest BCUT2D eigenvalue weighted by atomic mass is 9.85. The molecule has 0 bridgehead atoms. The first-order valence-electron chi connectivity index (χ1n) is 11.1. The minimum atomic E-state index is -1.25. The summed E-state index contributed by atoms with van der Waals surface area (Å²) in [5.74, 6) is 1.75. The molecule has 1 fully saturated rings. The van der Waals surface area contributed by atoms with E-state index in [0.717, 1.165) is 45.7 Å². The predicted molar refractivity (Wildman–Crippen MR) is 117 cm³/mol. The molecule has 0 radical (unpaired) electrons. The Balaban J connectivity index is 1.69. The fourth-order valence-electron chi connectivity index (χ4n) is 4.70. The number of rotatable bonds is 6. The standard InChI is InChI=1S/C25H32O6/c1-4-20-21(26)22(27)23(28)25(31-20)19-13-16(24-18(14(19)3)10-11-30-24)12-15-6-8-17(9-7-15)29-5-2/h6-9,13,20-23,25-28H,4-5,10-12H2,1-3H3. The van der Waals surface area contributed by atoms with E-state index in [1.165, 1.54) is 0 Å². The van der Waals surface area contributed by atoms with E-state index in [4.69, 9.17) is 14.2 Å². The van der Waals surface area contributed by atoms with Crippen LogP contribution in [0.25, 0.3) is 0 Å². The van der Waals surface area contributed by atoms with Crippen molar-refractivity contribution in [1.82, 2.24) is 0 Å². The van der Waals surface area contributed by atoms with E-state index in [1.54, 1.807) is 0 Å². The first-order valence-corrected chi connectivity index (χ1v) is 11.1. The maximum absolute atomic E-state index is 10.7. The van der Waals surface area contributed by atoms with E-state index in [-0.39, 0.29) is 0 Å². The van der Waals surface area contributed by atoms with Gasteiger partial charge in [0.2, 0.25) is 0 Å². The van der Waals surface area contributed by atoms with E-state index < -0.39 is 30.5 Å². The third kappa shape index (κ3) is 4.17. The van der Waals surface area contributed by atoms with E-state index in [2.05, 4.69) is 0 Å². The molecule has 2 aliphatic heterocycles. The summed E-state index contributed by atoms with van der Waals surface area (Å²) in [4.78, 5) is 0. The van der Waals surface area contributed by atoms with E-state index >= 15 is 0 Å². The summed E-state index contributed by atoms with van der Waals surface area (Å²) in [6.07, 6.45) is -2.75. The van der Waals surface area contributed by atoms with Gasteiger partial charge in [-0.3, -0.25) is 0 Å². The SMILES string of the molecule is CCOc1ccc(Cc2cc(C3OC(CC)C(O)C(O)C3O)c(C)c3c2OCC3)cc1. The molecule has 5 atom stereocenters. The van der Waals surface area contributed by atoms with Crippen LogP contribution in [-0.2, 0) is 17.6 Å². The molecule has 0 aliphatic carbocycles. The first-order chi connectivity index (χ1) is 14.9. The molecule has 168 valence electrons. The van der Waals surface area contributed by atoms with Gasteiger partial charge in [-0.1, -0.05) is 19.1 Å². The molecule has 1 saturated heterocycles. The van der Waals surface area contributed by atoms with Gasteiger partial charge in [0, 0.05) is 18.4 Å². The molecule has 4 rings (SSSR count). The number of fused-ring (bicyclic) bond motifs is 1. The molecule has 6 heteroatoms. The van der Waals surface area contributed by atoms with E-state index in [1.807, 2.05) is 51.1 Å². The molecule has 2 heterocycles. The quantitative estimate of drug-likeness (QED) is 0.656. The summed E-state index contributed by atoms with van der Waals surface area (Å²) in [7, 11) is 0. The van der Waals surface area contributed by atoms with Crippen LogP contribution in [-0.4, -0.2) is 52.9 Å². The Morgan fingerprint density at radius 2 is 1.77 bits per heavy atom. The van der Waals surface area contributed by atoms with Crippen LogP contribution < -0.4 is 9.47 Å². The molecule has 0 saturated carbocycles. The molecule has 31 heavy (non-hydrogen) atoms. The predicted octanol–water partition coefficient (Wildman–Crippen LogP) is 2.85. The summed E-state index contributed by atoms with van der Waals surface area (Å²) in [6.45, 7) is 7.13. The Morgan fingerprint density at radius 3 is 2.45 bits per heavy atom. The molecule has 5 unspecified atom stereocenters. The van der Waals surface area contributed by atoms with Gasteiger partial charge in [0.15, 0.2) is 0 Å². The summed E-state index contributed by atoms with van der Waals surface area (Å²) in [6, 6.07) is 10.1. The Morgan fingerprint density at radius 1 is 1.03 bits per heavy atom. The smallest absolute Gasteiger partial charge is 0.126 e. The van der Waals surface area contributed by atoms with Gasteiger partial charge in [-0.25, -0.2) is 0 Å². The average Bonchev–Trinajstić information content (AvgIpc) is 3.27. The third-order valence-electron chi connectivity index (χ3n) is 6.43. The van der Waals surface area contributed by atoms with Gasteiger partial charge in [-0.2, -0.15) is 0 Å². The monoisotopic (exact) mass is 428 g/mol. The second kappa shape index (κ2) is 9.17. The second-order valence-corrected chi connectivity index (χ2v) is 8.38. The Hall–Kier alpha value is -2.12. The van der Waals surface area contributed by atoms with Crippen molar-refractivity contribution in [3.05, 3.63) is 58.1 Å². The van der Waals surface area contributed by atoms with Crippen molar-refractivity contribution in [2.24, 2.45) is 0 Å². The van der Waals surface area contributed by atoms with Crippen LogP contribution in [0.5, 0.6) is 11.5 Å².